The van der Waals surface area contributed by atoms with E-state index in [9.17, 15) is 19.7 Å². The lowest BCUT2D eigenvalue weighted by atomic mass is 10.2. The molecule has 1 amide bonds. The monoisotopic (exact) mass is 370 g/mol. The van der Waals surface area contributed by atoms with E-state index in [0.717, 1.165) is 16.8 Å². The fraction of sp³-hybridized carbons (Fsp3) is 0.235. The number of ether oxygens (including phenoxy) is 2. The quantitative estimate of drug-likeness (QED) is 0.600. The van der Waals surface area contributed by atoms with Gasteiger partial charge in [-0.3, -0.25) is 24.3 Å². The molecule has 0 unspecified atom stereocenters. The second kappa shape index (κ2) is 7.57. The first-order chi connectivity index (χ1) is 13.0. The molecule has 3 rings (SSSR count). The summed E-state index contributed by atoms with van der Waals surface area (Å²) in [6, 6.07) is 9.59. The molecule has 0 aliphatic carbocycles. The molecule has 0 bridgehead atoms. The van der Waals surface area contributed by atoms with Crippen molar-refractivity contribution in [3.05, 3.63) is 62.6 Å². The van der Waals surface area contributed by atoms with Crippen molar-refractivity contribution in [2.24, 2.45) is 0 Å². The Kier molecular flexibility index (Phi) is 5.03. The Bertz CT molecular complexity index is 994. The number of carbonyl (C=O) groups excluding carboxylic acids is 1. The first-order valence-electron chi connectivity index (χ1n) is 7.92. The van der Waals surface area contributed by atoms with Gasteiger partial charge in [0.1, 0.15) is 30.9 Å². The molecule has 0 saturated heterocycles. The van der Waals surface area contributed by atoms with Crippen LogP contribution in [0.15, 0.2) is 41.3 Å². The number of pyridine rings is 1. The van der Waals surface area contributed by atoms with Crippen LogP contribution in [0.5, 0.6) is 11.5 Å². The maximum absolute atomic E-state index is 12.1. The summed E-state index contributed by atoms with van der Waals surface area (Å²) in [5.41, 5.74) is -1.62. The Hall–Kier alpha value is -3.87. The number of nitrogens with one attached hydrogen (secondary N) is 1. The summed E-state index contributed by atoms with van der Waals surface area (Å²) in [6.45, 7) is -0.0893. The maximum atomic E-state index is 12.1. The van der Waals surface area contributed by atoms with Crippen LogP contribution >= 0.6 is 0 Å². The number of fused-ring (bicyclic) bond motifs is 1. The van der Waals surface area contributed by atoms with Gasteiger partial charge in [0.15, 0.2) is 11.5 Å². The van der Waals surface area contributed by atoms with Crippen molar-refractivity contribution in [1.82, 2.24) is 9.88 Å². The Morgan fingerprint density at radius 3 is 2.85 bits per heavy atom. The molecule has 1 aromatic heterocycles. The number of amides is 1. The van der Waals surface area contributed by atoms with E-state index >= 15 is 0 Å². The molecule has 27 heavy (non-hydrogen) atoms. The normalized spacial score (nSPS) is 14.9. The summed E-state index contributed by atoms with van der Waals surface area (Å²) in [5, 5.41) is 22.4. The molecule has 0 spiro atoms. The summed E-state index contributed by atoms with van der Waals surface area (Å²) >= 11 is 0. The third-order valence-corrected chi connectivity index (χ3v) is 3.81. The number of benzene rings is 1. The van der Waals surface area contributed by atoms with Crippen LogP contribution in [0.3, 0.4) is 0 Å². The van der Waals surface area contributed by atoms with E-state index in [1.807, 2.05) is 6.07 Å². The molecule has 2 aromatic rings. The molecule has 0 fully saturated rings. The summed E-state index contributed by atoms with van der Waals surface area (Å²) in [4.78, 5) is 34.3. The summed E-state index contributed by atoms with van der Waals surface area (Å²) in [5.74, 6) is 0.632. The molecule has 2 heterocycles. The van der Waals surface area contributed by atoms with Gasteiger partial charge in [-0.1, -0.05) is 12.1 Å². The van der Waals surface area contributed by atoms with E-state index in [1.54, 1.807) is 24.3 Å². The van der Waals surface area contributed by atoms with Crippen LogP contribution in [0.4, 0.5) is 5.69 Å². The van der Waals surface area contributed by atoms with Gasteiger partial charge in [0.2, 0.25) is 5.91 Å². The summed E-state index contributed by atoms with van der Waals surface area (Å²) < 4.78 is 12.1. The highest BCUT2D eigenvalue weighted by molar-refractivity contribution is 5.75. The minimum absolute atomic E-state index is 0.127. The van der Waals surface area contributed by atoms with Crippen molar-refractivity contribution in [1.29, 1.82) is 5.26 Å². The maximum Gasteiger partial charge on any atom is 0.287 e. The predicted octanol–water partition coefficient (Wildman–Crippen LogP) is 0.584. The molecular weight excluding hydrogens is 356 g/mol. The zero-order valence-corrected chi connectivity index (χ0v) is 14.0. The van der Waals surface area contributed by atoms with Crippen molar-refractivity contribution >= 4 is 11.6 Å². The van der Waals surface area contributed by atoms with Crippen LogP contribution in [0, 0.1) is 21.4 Å². The Morgan fingerprint density at radius 1 is 1.41 bits per heavy atom. The van der Waals surface area contributed by atoms with Gasteiger partial charge in [-0.15, -0.1) is 0 Å². The first kappa shape index (κ1) is 17.9. The molecule has 1 atom stereocenters. The lowest BCUT2D eigenvalue weighted by molar-refractivity contribution is -0.385. The van der Waals surface area contributed by atoms with Gasteiger partial charge in [-0.05, 0) is 12.1 Å². The first-order valence-corrected chi connectivity index (χ1v) is 7.92. The molecule has 0 radical (unpaired) electrons. The number of nitro groups is 1. The number of para-hydroxylation sites is 2. The molecule has 10 heteroatoms. The molecule has 10 nitrogen and oxygen atoms in total. The largest absolute Gasteiger partial charge is 0.486 e. The third kappa shape index (κ3) is 4.04. The minimum atomic E-state index is -0.774. The van der Waals surface area contributed by atoms with Crippen molar-refractivity contribution in [2.75, 3.05) is 13.2 Å². The van der Waals surface area contributed by atoms with Crippen LogP contribution in [-0.4, -0.2) is 34.7 Å². The van der Waals surface area contributed by atoms with Gasteiger partial charge in [-0.2, -0.15) is 5.26 Å². The third-order valence-electron chi connectivity index (χ3n) is 3.81. The van der Waals surface area contributed by atoms with E-state index in [-0.39, 0.29) is 13.2 Å². The smallest absolute Gasteiger partial charge is 0.287 e. The SMILES string of the molecule is N#Cc1cc([N+](=O)[O-])cn(CC(=O)NC[C@@H]2COc3ccccc3O2)c1=O. The number of hydrogen-bond acceptors (Lipinski definition) is 7. The summed E-state index contributed by atoms with van der Waals surface area (Å²) in [7, 11) is 0. The molecule has 1 aliphatic heterocycles. The second-order valence-electron chi connectivity index (χ2n) is 5.72. The van der Waals surface area contributed by atoms with Crippen LogP contribution in [0.2, 0.25) is 0 Å². The number of hydrogen-bond donors (Lipinski definition) is 1. The van der Waals surface area contributed by atoms with E-state index < -0.39 is 40.3 Å². The number of aromatic nitrogens is 1. The zero-order chi connectivity index (χ0) is 19.4. The van der Waals surface area contributed by atoms with Gasteiger partial charge >= 0.3 is 0 Å². The highest BCUT2D eigenvalue weighted by Crippen LogP contribution is 2.30. The predicted molar refractivity (Wildman–Crippen MR) is 91.4 cm³/mol. The second-order valence-corrected chi connectivity index (χ2v) is 5.72. The highest BCUT2D eigenvalue weighted by atomic mass is 16.6. The molecule has 1 aliphatic rings. The van der Waals surface area contributed by atoms with E-state index in [2.05, 4.69) is 5.32 Å². The van der Waals surface area contributed by atoms with Gasteiger partial charge < -0.3 is 14.8 Å². The van der Waals surface area contributed by atoms with Gasteiger partial charge in [0, 0.05) is 6.07 Å². The topological polar surface area (TPSA) is 136 Å². The molecule has 138 valence electrons. The molecule has 0 saturated carbocycles. The molecular formula is C17H14N4O6. The Morgan fingerprint density at radius 2 is 2.15 bits per heavy atom. The number of nitriles is 1. The summed E-state index contributed by atoms with van der Waals surface area (Å²) in [6.07, 6.45) is 0.513. The number of nitrogens with zero attached hydrogens (tertiary/aromatic N) is 3. The molecule has 1 N–H and O–H groups in total. The molecule has 1 aromatic carbocycles. The van der Waals surface area contributed by atoms with Gasteiger partial charge in [-0.25, -0.2) is 0 Å². The zero-order valence-electron chi connectivity index (χ0n) is 14.0. The number of rotatable bonds is 5. The van der Waals surface area contributed by atoms with Gasteiger partial charge in [0.25, 0.3) is 11.2 Å². The highest BCUT2D eigenvalue weighted by Gasteiger charge is 2.21. The standard InChI is InChI=1S/C17H14N4O6/c18-6-11-5-12(21(24)25)8-20(17(11)23)9-16(22)19-7-13-10-26-14-3-1-2-4-15(14)27-13/h1-5,8,13H,7,9-10H2,(H,19,22)/t13-/m1/s1. The van der Waals surface area contributed by atoms with Gasteiger partial charge in [0.05, 0.1) is 17.7 Å². The van der Waals surface area contributed by atoms with Crippen molar-refractivity contribution in [3.8, 4) is 17.6 Å². The van der Waals surface area contributed by atoms with Crippen LogP contribution in [-0.2, 0) is 11.3 Å². The van der Waals surface area contributed by atoms with Crippen LogP contribution in [0.1, 0.15) is 5.56 Å². The minimum Gasteiger partial charge on any atom is -0.486 e. The van der Waals surface area contributed by atoms with Crippen molar-refractivity contribution < 1.29 is 19.2 Å². The fourth-order valence-electron chi connectivity index (χ4n) is 2.52. The lowest BCUT2D eigenvalue weighted by Crippen LogP contribution is -2.42. The Balaban J connectivity index is 1.64. The van der Waals surface area contributed by atoms with E-state index in [1.165, 1.54) is 0 Å². The van der Waals surface area contributed by atoms with Crippen molar-refractivity contribution in [3.63, 3.8) is 0 Å². The average molecular weight is 370 g/mol. The van der Waals surface area contributed by atoms with E-state index in [0.29, 0.717) is 11.5 Å². The lowest BCUT2D eigenvalue weighted by Gasteiger charge is -2.26. The van der Waals surface area contributed by atoms with Crippen LogP contribution < -0.4 is 20.3 Å². The fourth-order valence-corrected chi connectivity index (χ4v) is 2.52. The van der Waals surface area contributed by atoms with Crippen LogP contribution in [0.25, 0.3) is 0 Å². The Labute approximate surface area is 152 Å². The van der Waals surface area contributed by atoms with Crippen molar-refractivity contribution in [2.45, 2.75) is 12.6 Å². The number of carbonyl (C=O) groups is 1. The van der Waals surface area contributed by atoms with E-state index in [4.69, 9.17) is 14.7 Å². The average Bonchev–Trinajstić information content (AvgIpc) is 2.67.